The van der Waals surface area contributed by atoms with Crippen LogP contribution in [0.3, 0.4) is 0 Å². The van der Waals surface area contributed by atoms with E-state index in [1.165, 1.54) is 6.21 Å². The standard InChI is InChI=1S/C16H13BrCl2N2O2/c1-10-2-5-15(12(17)6-10)21-16(22)9-23-20-8-11-3-4-13(18)14(19)7-11/h2-8H,9H2,1H3,(H,21,22)/b20-8+. The highest BCUT2D eigenvalue weighted by Gasteiger charge is 2.06. The lowest BCUT2D eigenvalue weighted by Crippen LogP contribution is -2.17. The maximum Gasteiger partial charge on any atom is 0.265 e. The quantitative estimate of drug-likeness (QED) is 0.548. The molecule has 0 radical (unpaired) electrons. The van der Waals surface area contributed by atoms with Gasteiger partial charge in [-0.2, -0.15) is 0 Å². The third kappa shape index (κ3) is 5.53. The molecular formula is C16H13BrCl2N2O2. The zero-order valence-electron chi connectivity index (χ0n) is 12.1. The van der Waals surface area contributed by atoms with E-state index in [4.69, 9.17) is 28.0 Å². The van der Waals surface area contributed by atoms with Gasteiger partial charge in [0.05, 0.1) is 21.9 Å². The average molecular weight is 416 g/mol. The molecule has 0 atom stereocenters. The van der Waals surface area contributed by atoms with E-state index in [1.54, 1.807) is 18.2 Å². The molecule has 2 rings (SSSR count). The number of benzene rings is 2. The molecule has 0 saturated carbocycles. The van der Waals surface area contributed by atoms with Gasteiger partial charge in [-0.15, -0.1) is 0 Å². The maximum atomic E-state index is 11.8. The number of nitrogens with zero attached hydrogens (tertiary/aromatic N) is 1. The fraction of sp³-hybridized carbons (Fsp3) is 0.125. The Kier molecular flexibility index (Phi) is 6.45. The van der Waals surface area contributed by atoms with Crippen LogP contribution >= 0.6 is 39.1 Å². The van der Waals surface area contributed by atoms with Crippen molar-refractivity contribution in [3.8, 4) is 0 Å². The van der Waals surface area contributed by atoms with Gasteiger partial charge in [-0.05, 0) is 58.2 Å². The second-order valence-electron chi connectivity index (χ2n) is 4.71. The van der Waals surface area contributed by atoms with E-state index >= 15 is 0 Å². The summed E-state index contributed by atoms with van der Waals surface area (Å²) < 4.78 is 0.810. The van der Waals surface area contributed by atoms with Crippen molar-refractivity contribution in [2.45, 2.75) is 6.92 Å². The number of aryl methyl sites for hydroxylation is 1. The average Bonchev–Trinajstić information content (AvgIpc) is 2.50. The van der Waals surface area contributed by atoms with Crippen LogP contribution in [0.1, 0.15) is 11.1 Å². The Morgan fingerprint density at radius 3 is 2.74 bits per heavy atom. The molecule has 0 unspecified atom stereocenters. The normalized spacial score (nSPS) is 10.8. The highest BCUT2D eigenvalue weighted by Crippen LogP contribution is 2.23. The van der Waals surface area contributed by atoms with E-state index in [0.717, 1.165) is 15.6 Å². The van der Waals surface area contributed by atoms with E-state index in [1.807, 2.05) is 25.1 Å². The molecule has 23 heavy (non-hydrogen) atoms. The van der Waals surface area contributed by atoms with Crippen LogP contribution in [-0.2, 0) is 9.63 Å². The molecule has 0 aromatic heterocycles. The van der Waals surface area contributed by atoms with Crippen molar-refractivity contribution in [2.75, 3.05) is 11.9 Å². The number of amides is 1. The van der Waals surface area contributed by atoms with Gasteiger partial charge in [-0.1, -0.05) is 40.5 Å². The molecule has 0 fully saturated rings. The molecule has 0 bridgehead atoms. The Labute approximate surface area is 152 Å². The molecule has 0 heterocycles. The van der Waals surface area contributed by atoms with Gasteiger partial charge in [0.2, 0.25) is 0 Å². The summed E-state index contributed by atoms with van der Waals surface area (Å²) in [5.41, 5.74) is 2.50. The topological polar surface area (TPSA) is 50.7 Å². The minimum atomic E-state index is -0.305. The van der Waals surface area contributed by atoms with Crippen LogP contribution in [0.2, 0.25) is 10.0 Å². The summed E-state index contributed by atoms with van der Waals surface area (Å²) in [4.78, 5) is 16.8. The number of rotatable bonds is 5. The van der Waals surface area contributed by atoms with Crippen LogP contribution in [-0.4, -0.2) is 18.7 Å². The number of hydrogen-bond donors (Lipinski definition) is 1. The fourth-order valence-corrected chi connectivity index (χ4v) is 2.59. The Balaban J connectivity index is 1.84. The Bertz CT molecular complexity index is 751. The van der Waals surface area contributed by atoms with E-state index in [2.05, 4.69) is 26.4 Å². The lowest BCUT2D eigenvalue weighted by atomic mass is 10.2. The van der Waals surface area contributed by atoms with Crippen LogP contribution < -0.4 is 5.32 Å². The lowest BCUT2D eigenvalue weighted by molar-refractivity contribution is -0.120. The first-order valence-corrected chi connectivity index (χ1v) is 8.17. The first-order chi connectivity index (χ1) is 11.0. The molecule has 0 saturated heterocycles. The summed E-state index contributed by atoms with van der Waals surface area (Å²) in [6.07, 6.45) is 1.46. The monoisotopic (exact) mass is 414 g/mol. The summed E-state index contributed by atoms with van der Waals surface area (Å²) in [6.45, 7) is 1.77. The molecule has 0 spiro atoms. The highest BCUT2D eigenvalue weighted by molar-refractivity contribution is 9.10. The first kappa shape index (κ1) is 17.8. The van der Waals surface area contributed by atoms with Crippen LogP contribution in [0, 0.1) is 6.92 Å². The molecule has 7 heteroatoms. The Morgan fingerprint density at radius 1 is 1.26 bits per heavy atom. The minimum Gasteiger partial charge on any atom is -0.386 e. The van der Waals surface area contributed by atoms with Gasteiger partial charge < -0.3 is 10.2 Å². The SMILES string of the molecule is Cc1ccc(NC(=O)CO/N=C/c2ccc(Cl)c(Cl)c2)c(Br)c1. The smallest absolute Gasteiger partial charge is 0.265 e. The third-order valence-electron chi connectivity index (χ3n) is 2.81. The second-order valence-corrected chi connectivity index (χ2v) is 6.38. The van der Waals surface area contributed by atoms with Crippen molar-refractivity contribution in [3.63, 3.8) is 0 Å². The summed E-state index contributed by atoms with van der Waals surface area (Å²) in [7, 11) is 0. The molecule has 0 aliphatic rings. The zero-order valence-corrected chi connectivity index (χ0v) is 15.2. The van der Waals surface area contributed by atoms with Crippen LogP contribution in [0.25, 0.3) is 0 Å². The number of nitrogens with one attached hydrogen (secondary N) is 1. The van der Waals surface area contributed by atoms with Gasteiger partial charge in [0.15, 0.2) is 6.61 Å². The van der Waals surface area contributed by atoms with Crippen molar-refractivity contribution >= 4 is 56.9 Å². The molecule has 2 aromatic carbocycles. The number of oxime groups is 1. The van der Waals surface area contributed by atoms with Gasteiger partial charge in [-0.3, -0.25) is 4.79 Å². The maximum absolute atomic E-state index is 11.8. The molecule has 1 N–H and O–H groups in total. The van der Waals surface area contributed by atoms with Gasteiger partial charge in [0, 0.05) is 4.47 Å². The van der Waals surface area contributed by atoms with Crippen molar-refractivity contribution in [1.29, 1.82) is 0 Å². The largest absolute Gasteiger partial charge is 0.386 e. The second kappa shape index (κ2) is 8.34. The predicted octanol–water partition coefficient (Wildman–Crippen LogP) is 5.05. The van der Waals surface area contributed by atoms with Gasteiger partial charge >= 0.3 is 0 Å². The lowest BCUT2D eigenvalue weighted by Gasteiger charge is -2.07. The van der Waals surface area contributed by atoms with E-state index < -0.39 is 0 Å². The number of carbonyl (C=O) groups is 1. The van der Waals surface area contributed by atoms with Gasteiger partial charge in [0.25, 0.3) is 5.91 Å². The van der Waals surface area contributed by atoms with Crippen molar-refractivity contribution in [2.24, 2.45) is 5.16 Å². The minimum absolute atomic E-state index is 0.196. The summed E-state index contributed by atoms with van der Waals surface area (Å²) in [5, 5.41) is 7.35. The number of anilines is 1. The highest BCUT2D eigenvalue weighted by atomic mass is 79.9. The van der Waals surface area contributed by atoms with Crippen molar-refractivity contribution < 1.29 is 9.63 Å². The van der Waals surface area contributed by atoms with Crippen LogP contribution in [0.4, 0.5) is 5.69 Å². The Morgan fingerprint density at radius 2 is 2.04 bits per heavy atom. The van der Waals surface area contributed by atoms with Crippen molar-refractivity contribution in [1.82, 2.24) is 0 Å². The summed E-state index contributed by atoms with van der Waals surface area (Å²) in [5.74, 6) is -0.305. The molecular weight excluding hydrogens is 403 g/mol. The van der Waals surface area contributed by atoms with E-state index in [0.29, 0.717) is 15.7 Å². The molecule has 2 aromatic rings. The molecule has 0 aliphatic carbocycles. The number of hydrogen-bond acceptors (Lipinski definition) is 3. The van der Waals surface area contributed by atoms with E-state index in [-0.39, 0.29) is 12.5 Å². The van der Waals surface area contributed by atoms with E-state index in [9.17, 15) is 4.79 Å². The molecule has 1 amide bonds. The molecule has 120 valence electrons. The fourth-order valence-electron chi connectivity index (χ4n) is 1.69. The Hall–Kier alpha value is -1.56. The van der Waals surface area contributed by atoms with Crippen LogP contribution in [0.15, 0.2) is 46.0 Å². The van der Waals surface area contributed by atoms with Gasteiger partial charge in [-0.25, -0.2) is 0 Å². The van der Waals surface area contributed by atoms with Gasteiger partial charge in [0.1, 0.15) is 0 Å². The third-order valence-corrected chi connectivity index (χ3v) is 4.21. The summed E-state index contributed by atoms with van der Waals surface area (Å²) >= 11 is 15.1. The molecule has 0 aliphatic heterocycles. The summed E-state index contributed by atoms with van der Waals surface area (Å²) in [6, 6.07) is 10.7. The van der Waals surface area contributed by atoms with Crippen molar-refractivity contribution in [3.05, 3.63) is 62.0 Å². The number of halogens is 3. The number of carbonyl (C=O) groups excluding carboxylic acids is 1. The first-order valence-electron chi connectivity index (χ1n) is 6.62. The zero-order chi connectivity index (χ0) is 16.8. The molecule has 4 nitrogen and oxygen atoms in total. The van der Waals surface area contributed by atoms with Crippen LogP contribution in [0.5, 0.6) is 0 Å². The predicted molar refractivity (Wildman–Crippen MR) is 97.5 cm³/mol.